The van der Waals surface area contributed by atoms with Gasteiger partial charge in [0.2, 0.25) is 5.75 Å². The SMILES string of the molecule is COc1cc(-c2ccn(-c3ccc(O)cc3)n2)cc(OC)c1O. The van der Waals surface area contributed by atoms with Crippen LogP contribution in [0.5, 0.6) is 23.0 Å². The zero-order valence-electron chi connectivity index (χ0n) is 12.7. The second-order valence-corrected chi connectivity index (χ2v) is 4.89. The topological polar surface area (TPSA) is 76.7 Å². The quantitative estimate of drug-likeness (QED) is 0.774. The minimum atomic E-state index is -0.0447. The van der Waals surface area contributed by atoms with Crippen LogP contribution in [-0.4, -0.2) is 34.2 Å². The fourth-order valence-electron chi connectivity index (χ4n) is 2.27. The molecule has 0 fully saturated rings. The van der Waals surface area contributed by atoms with Gasteiger partial charge in [0.25, 0.3) is 0 Å². The Bertz CT molecular complexity index is 800. The van der Waals surface area contributed by atoms with Crippen molar-refractivity contribution in [2.75, 3.05) is 14.2 Å². The lowest BCUT2D eigenvalue weighted by atomic mass is 10.1. The molecule has 0 bridgehead atoms. The maximum atomic E-state index is 9.97. The van der Waals surface area contributed by atoms with Crippen LogP contribution in [0.1, 0.15) is 0 Å². The van der Waals surface area contributed by atoms with Crippen LogP contribution in [0.15, 0.2) is 48.7 Å². The molecule has 1 aromatic heterocycles. The van der Waals surface area contributed by atoms with Gasteiger partial charge in [-0.2, -0.15) is 5.10 Å². The number of aromatic nitrogens is 2. The third kappa shape index (κ3) is 2.78. The van der Waals surface area contributed by atoms with Gasteiger partial charge in [0.15, 0.2) is 11.5 Å². The van der Waals surface area contributed by atoms with E-state index in [1.165, 1.54) is 14.2 Å². The maximum absolute atomic E-state index is 9.97. The molecule has 0 amide bonds. The molecule has 2 N–H and O–H groups in total. The Morgan fingerprint density at radius 3 is 2.09 bits per heavy atom. The van der Waals surface area contributed by atoms with Gasteiger partial charge in [-0.3, -0.25) is 0 Å². The van der Waals surface area contributed by atoms with Crippen molar-refractivity contribution in [3.8, 4) is 39.9 Å². The molecule has 0 radical (unpaired) electrons. The first-order valence-corrected chi connectivity index (χ1v) is 6.93. The van der Waals surface area contributed by atoms with Crippen LogP contribution in [-0.2, 0) is 0 Å². The molecule has 2 aromatic carbocycles. The minimum absolute atomic E-state index is 0.0447. The molecule has 3 rings (SSSR count). The molecular weight excluding hydrogens is 296 g/mol. The lowest BCUT2D eigenvalue weighted by Crippen LogP contribution is -1.95. The van der Waals surface area contributed by atoms with E-state index in [4.69, 9.17) is 9.47 Å². The summed E-state index contributed by atoms with van der Waals surface area (Å²) in [4.78, 5) is 0. The van der Waals surface area contributed by atoms with Crippen molar-refractivity contribution in [1.82, 2.24) is 9.78 Å². The number of ether oxygens (including phenoxy) is 2. The summed E-state index contributed by atoms with van der Waals surface area (Å²) in [6.45, 7) is 0. The average molecular weight is 312 g/mol. The highest BCUT2D eigenvalue weighted by Gasteiger charge is 2.14. The molecule has 0 saturated heterocycles. The van der Waals surface area contributed by atoms with Gasteiger partial charge in [0.1, 0.15) is 5.75 Å². The number of hydrogen-bond acceptors (Lipinski definition) is 5. The van der Waals surface area contributed by atoms with Gasteiger partial charge in [0, 0.05) is 11.8 Å². The van der Waals surface area contributed by atoms with Gasteiger partial charge < -0.3 is 19.7 Å². The Morgan fingerprint density at radius 2 is 1.52 bits per heavy atom. The summed E-state index contributed by atoms with van der Waals surface area (Å²) in [6.07, 6.45) is 1.81. The number of hydrogen-bond donors (Lipinski definition) is 2. The molecular formula is C17H16N2O4. The van der Waals surface area contributed by atoms with E-state index in [9.17, 15) is 10.2 Å². The van der Waals surface area contributed by atoms with E-state index >= 15 is 0 Å². The zero-order valence-corrected chi connectivity index (χ0v) is 12.7. The Hall–Kier alpha value is -3.15. The van der Waals surface area contributed by atoms with Gasteiger partial charge in [0.05, 0.1) is 25.6 Å². The van der Waals surface area contributed by atoms with E-state index in [0.29, 0.717) is 17.2 Å². The molecule has 0 spiro atoms. The summed E-state index contributed by atoms with van der Waals surface area (Å²) < 4.78 is 12.0. The number of nitrogens with zero attached hydrogens (tertiary/aromatic N) is 2. The van der Waals surface area contributed by atoms with E-state index in [2.05, 4.69) is 5.10 Å². The van der Waals surface area contributed by atoms with E-state index in [-0.39, 0.29) is 11.5 Å². The maximum Gasteiger partial charge on any atom is 0.200 e. The monoisotopic (exact) mass is 312 g/mol. The van der Waals surface area contributed by atoms with Crippen LogP contribution in [0.2, 0.25) is 0 Å². The second-order valence-electron chi connectivity index (χ2n) is 4.89. The predicted octanol–water partition coefficient (Wildman–Crippen LogP) is 2.97. The molecule has 0 saturated carbocycles. The van der Waals surface area contributed by atoms with Crippen LogP contribution >= 0.6 is 0 Å². The molecule has 23 heavy (non-hydrogen) atoms. The molecule has 0 aliphatic rings. The predicted molar refractivity (Wildman–Crippen MR) is 85.4 cm³/mol. The molecule has 118 valence electrons. The molecule has 3 aromatic rings. The van der Waals surface area contributed by atoms with Gasteiger partial charge in [-0.25, -0.2) is 4.68 Å². The van der Waals surface area contributed by atoms with Crippen molar-refractivity contribution in [2.45, 2.75) is 0 Å². The highest BCUT2D eigenvalue weighted by atomic mass is 16.5. The zero-order chi connectivity index (χ0) is 16.4. The van der Waals surface area contributed by atoms with E-state index in [1.807, 2.05) is 12.3 Å². The lowest BCUT2D eigenvalue weighted by Gasteiger charge is -2.10. The van der Waals surface area contributed by atoms with E-state index < -0.39 is 0 Å². The summed E-state index contributed by atoms with van der Waals surface area (Å²) in [7, 11) is 2.96. The van der Waals surface area contributed by atoms with E-state index in [0.717, 1.165) is 11.3 Å². The first kappa shape index (κ1) is 14.8. The fourth-order valence-corrected chi connectivity index (χ4v) is 2.27. The fraction of sp³-hybridized carbons (Fsp3) is 0.118. The molecule has 0 aliphatic heterocycles. The van der Waals surface area contributed by atoms with Crippen LogP contribution < -0.4 is 9.47 Å². The standard InChI is InChI=1S/C17H16N2O4/c1-22-15-9-11(10-16(23-2)17(15)21)14-7-8-19(18-14)12-3-5-13(20)6-4-12/h3-10,20-21H,1-2H3. The van der Waals surface area contributed by atoms with Crippen LogP contribution in [0.25, 0.3) is 16.9 Å². The molecule has 1 heterocycles. The van der Waals surface area contributed by atoms with E-state index in [1.54, 1.807) is 41.1 Å². The Kier molecular flexibility index (Phi) is 3.80. The number of phenols is 2. The number of phenolic OH excluding ortho intramolecular Hbond substituents is 2. The van der Waals surface area contributed by atoms with Crippen LogP contribution in [0, 0.1) is 0 Å². The number of methoxy groups -OCH3 is 2. The Balaban J connectivity index is 2.01. The van der Waals surface area contributed by atoms with Crippen molar-refractivity contribution in [3.05, 3.63) is 48.7 Å². The highest BCUT2D eigenvalue weighted by Crippen LogP contribution is 2.39. The van der Waals surface area contributed by atoms with Gasteiger partial charge >= 0.3 is 0 Å². The first-order chi connectivity index (χ1) is 11.1. The first-order valence-electron chi connectivity index (χ1n) is 6.93. The molecule has 0 aliphatic carbocycles. The third-order valence-corrected chi connectivity index (χ3v) is 3.48. The highest BCUT2D eigenvalue weighted by molar-refractivity contribution is 5.68. The lowest BCUT2D eigenvalue weighted by molar-refractivity contribution is 0.340. The number of benzene rings is 2. The summed E-state index contributed by atoms with van der Waals surface area (Å²) in [5, 5.41) is 23.8. The largest absolute Gasteiger partial charge is 0.508 e. The number of rotatable bonds is 4. The van der Waals surface area contributed by atoms with Crippen molar-refractivity contribution in [3.63, 3.8) is 0 Å². The third-order valence-electron chi connectivity index (χ3n) is 3.48. The molecule has 0 unspecified atom stereocenters. The Morgan fingerprint density at radius 1 is 0.913 bits per heavy atom. The summed E-state index contributed by atoms with van der Waals surface area (Å²) in [5.41, 5.74) is 2.29. The normalized spacial score (nSPS) is 10.5. The van der Waals surface area contributed by atoms with Gasteiger partial charge in [-0.1, -0.05) is 0 Å². The second kappa shape index (κ2) is 5.92. The Labute approximate surface area is 133 Å². The summed E-state index contributed by atoms with van der Waals surface area (Å²) in [6, 6.07) is 12.0. The minimum Gasteiger partial charge on any atom is -0.508 e. The molecule has 6 nitrogen and oxygen atoms in total. The summed E-state index contributed by atoms with van der Waals surface area (Å²) in [5.74, 6) is 0.794. The average Bonchev–Trinajstić information content (AvgIpc) is 3.05. The van der Waals surface area contributed by atoms with Crippen molar-refractivity contribution in [1.29, 1.82) is 0 Å². The van der Waals surface area contributed by atoms with Crippen LogP contribution in [0.4, 0.5) is 0 Å². The van der Waals surface area contributed by atoms with Gasteiger partial charge in [-0.05, 0) is 42.5 Å². The van der Waals surface area contributed by atoms with Crippen molar-refractivity contribution >= 4 is 0 Å². The number of aromatic hydroxyl groups is 2. The van der Waals surface area contributed by atoms with Gasteiger partial charge in [-0.15, -0.1) is 0 Å². The van der Waals surface area contributed by atoms with Crippen molar-refractivity contribution < 1.29 is 19.7 Å². The van der Waals surface area contributed by atoms with Crippen LogP contribution in [0.3, 0.4) is 0 Å². The molecule has 6 heteroatoms. The molecule has 0 atom stereocenters. The summed E-state index contributed by atoms with van der Waals surface area (Å²) >= 11 is 0. The van der Waals surface area contributed by atoms with Crippen molar-refractivity contribution in [2.24, 2.45) is 0 Å². The smallest absolute Gasteiger partial charge is 0.200 e.